The maximum atomic E-state index is 10.6. The molecule has 106 valence electrons. The molecule has 0 fully saturated rings. The molecule has 0 aromatic carbocycles. The van der Waals surface area contributed by atoms with Crippen LogP contribution in [0, 0.1) is 0 Å². The van der Waals surface area contributed by atoms with E-state index in [1.165, 1.54) is 10.8 Å². The maximum Gasteiger partial charge on any atom is 0.332 e. The van der Waals surface area contributed by atoms with Crippen LogP contribution in [0.2, 0.25) is 0 Å². The van der Waals surface area contributed by atoms with Crippen molar-refractivity contribution in [2.24, 2.45) is 0 Å². The molecule has 0 amide bonds. The van der Waals surface area contributed by atoms with Crippen LogP contribution in [0.4, 0.5) is 0 Å². The van der Waals surface area contributed by atoms with E-state index in [0.717, 1.165) is 6.42 Å². The predicted molar refractivity (Wildman–Crippen MR) is 82.2 cm³/mol. The third-order valence-corrected chi connectivity index (χ3v) is 9.00. The van der Waals surface area contributed by atoms with Gasteiger partial charge in [-0.05, 0) is 50.4 Å². The van der Waals surface area contributed by atoms with Gasteiger partial charge in [-0.1, -0.05) is 0 Å². The van der Waals surface area contributed by atoms with Crippen LogP contribution in [-0.2, 0) is 9.53 Å². The molecular weight excluding hydrogens is 256 g/mol. The normalized spacial score (nSPS) is 16.6. The Labute approximate surface area is 109 Å². The lowest BCUT2D eigenvalue weighted by atomic mass is 10.4. The molecular formula is C12H28O3S2. The molecule has 0 bridgehead atoms. The van der Waals surface area contributed by atoms with Gasteiger partial charge in [0.2, 0.25) is 0 Å². The zero-order valence-corrected chi connectivity index (χ0v) is 13.6. The highest BCUT2D eigenvalue weighted by atomic mass is 32.3. The van der Waals surface area contributed by atoms with Gasteiger partial charge in [-0.15, -0.1) is 0 Å². The first-order chi connectivity index (χ1) is 7.53. The van der Waals surface area contributed by atoms with Crippen molar-refractivity contribution in [3.63, 3.8) is 0 Å². The Morgan fingerprint density at radius 1 is 1.24 bits per heavy atom. The lowest BCUT2D eigenvalue weighted by molar-refractivity contribution is -0.149. The third-order valence-electron chi connectivity index (χ3n) is 2.23. The van der Waals surface area contributed by atoms with Crippen molar-refractivity contribution < 1.29 is 14.6 Å². The molecule has 0 aliphatic rings. The minimum atomic E-state index is -0.879. The van der Waals surface area contributed by atoms with E-state index >= 15 is 0 Å². The van der Waals surface area contributed by atoms with Crippen molar-refractivity contribution >= 4 is 26.0 Å². The highest BCUT2D eigenvalue weighted by Crippen LogP contribution is 2.53. The van der Waals surface area contributed by atoms with Gasteiger partial charge >= 0.3 is 5.97 Å². The molecule has 3 nitrogen and oxygen atoms in total. The summed E-state index contributed by atoms with van der Waals surface area (Å²) in [6.45, 7) is 2.14. The van der Waals surface area contributed by atoms with Crippen LogP contribution < -0.4 is 0 Å². The highest BCUT2D eigenvalue weighted by molar-refractivity contribution is 8.47. The number of aliphatic carboxylic acids is 1. The molecule has 0 saturated heterocycles. The maximum absolute atomic E-state index is 10.6. The Kier molecular flexibility index (Phi) is 6.95. The van der Waals surface area contributed by atoms with Crippen molar-refractivity contribution in [1.82, 2.24) is 0 Å². The molecule has 1 atom stereocenters. The summed E-state index contributed by atoms with van der Waals surface area (Å²) in [6, 6.07) is 0. The van der Waals surface area contributed by atoms with Crippen LogP contribution in [0.1, 0.15) is 13.3 Å². The van der Waals surface area contributed by atoms with Gasteiger partial charge in [-0.2, -0.15) is 0 Å². The van der Waals surface area contributed by atoms with E-state index in [0.29, 0.717) is 6.61 Å². The topological polar surface area (TPSA) is 46.5 Å². The first-order valence-electron chi connectivity index (χ1n) is 5.73. The molecule has 0 spiro atoms. The SMILES string of the molecule is C[C@H](OCCCS(C)(C)CS(C)(C)C)C(=O)O. The number of carboxylic acids is 1. The van der Waals surface area contributed by atoms with E-state index in [2.05, 4.69) is 31.3 Å². The lowest BCUT2D eigenvalue weighted by Crippen LogP contribution is -2.21. The molecule has 17 heavy (non-hydrogen) atoms. The monoisotopic (exact) mass is 284 g/mol. The summed E-state index contributed by atoms with van der Waals surface area (Å²) >= 11 is 0. The summed E-state index contributed by atoms with van der Waals surface area (Å²) in [7, 11) is -0.994. The molecule has 0 rings (SSSR count). The first-order valence-corrected chi connectivity index (χ1v) is 11.5. The van der Waals surface area contributed by atoms with Gasteiger partial charge < -0.3 is 9.84 Å². The van der Waals surface area contributed by atoms with Crippen molar-refractivity contribution in [2.75, 3.05) is 48.7 Å². The smallest absolute Gasteiger partial charge is 0.332 e. The van der Waals surface area contributed by atoms with Crippen LogP contribution in [0.25, 0.3) is 0 Å². The van der Waals surface area contributed by atoms with Gasteiger partial charge in [0.15, 0.2) is 6.10 Å². The van der Waals surface area contributed by atoms with Gasteiger partial charge in [-0.25, -0.2) is 24.9 Å². The third kappa shape index (κ3) is 9.80. The van der Waals surface area contributed by atoms with Crippen molar-refractivity contribution in [3.8, 4) is 0 Å². The summed E-state index contributed by atoms with van der Waals surface area (Å²) in [5, 5.41) is 10.0. The largest absolute Gasteiger partial charge is 0.479 e. The van der Waals surface area contributed by atoms with Crippen LogP contribution >= 0.6 is 20.1 Å². The molecule has 1 N–H and O–H groups in total. The Bertz CT molecular complexity index is 247. The van der Waals surface area contributed by atoms with E-state index in [4.69, 9.17) is 9.84 Å². The van der Waals surface area contributed by atoms with Crippen LogP contribution in [-0.4, -0.2) is 65.9 Å². The summed E-state index contributed by atoms with van der Waals surface area (Å²) in [5.41, 5.74) is 0. The van der Waals surface area contributed by atoms with Crippen molar-refractivity contribution in [2.45, 2.75) is 19.4 Å². The quantitative estimate of drug-likeness (QED) is 0.697. The van der Waals surface area contributed by atoms with E-state index in [1.807, 2.05) is 0 Å². The molecule has 5 heteroatoms. The fourth-order valence-corrected chi connectivity index (χ4v) is 10.8. The molecule has 0 unspecified atom stereocenters. The number of carboxylic acid groups (broad SMARTS) is 1. The number of ether oxygens (including phenoxy) is 1. The average Bonchev–Trinajstić information content (AvgIpc) is 2.07. The Balaban J connectivity index is 3.84. The van der Waals surface area contributed by atoms with Crippen LogP contribution in [0.5, 0.6) is 0 Å². The van der Waals surface area contributed by atoms with Crippen LogP contribution in [0.15, 0.2) is 0 Å². The number of hydrogen-bond donors (Lipinski definition) is 1. The Morgan fingerprint density at radius 3 is 2.18 bits per heavy atom. The van der Waals surface area contributed by atoms with Crippen molar-refractivity contribution in [1.29, 1.82) is 0 Å². The van der Waals surface area contributed by atoms with Gasteiger partial charge in [0.05, 0.1) is 0 Å². The van der Waals surface area contributed by atoms with Gasteiger partial charge in [0.1, 0.15) is 0 Å². The second kappa shape index (κ2) is 6.90. The zero-order valence-electron chi connectivity index (χ0n) is 12.0. The Morgan fingerprint density at radius 2 is 1.76 bits per heavy atom. The van der Waals surface area contributed by atoms with Gasteiger partial charge in [0, 0.05) is 11.7 Å². The summed E-state index contributed by atoms with van der Waals surface area (Å²) in [4.78, 5) is 10.6. The lowest BCUT2D eigenvalue weighted by Gasteiger charge is -2.40. The van der Waals surface area contributed by atoms with E-state index in [9.17, 15) is 4.79 Å². The molecule has 0 aliphatic heterocycles. The molecule has 0 aromatic rings. The van der Waals surface area contributed by atoms with E-state index < -0.39 is 32.1 Å². The minimum absolute atomic E-state index is 0.447. The molecule has 0 aliphatic carbocycles. The Hall–Kier alpha value is 0.130. The second-order valence-electron chi connectivity index (χ2n) is 5.88. The summed E-state index contributed by atoms with van der Waals surface area (Å²) < 4.78 is 5.25. The summed E-state index contributed by atoms with van der Waals surface area (Å²) in [6.07, 6.45) is 12.1. The number of rotatable bonds is 8. The fourth-order valence-electron chi connectivity index (χ4n) is 1.80. The predicted octanol–water partition coefficient (Wildman–Crippen LogP) is 2.58. The second-order valence-corrected chi connectivity index (χ2v) is 15.0. The number of carbonyl (C=O) groups is 1. The first kappa shape index (κ1) is 17.1. The highest BCUT2D eigenvalue weighted by Gasteiger charge is 2.18. The minimum Gasteiger partial charge on any atom is -0.479 e. The average molecular weight is 284 g/mol. The van der Waals surface area contributed by atoms with Gasteiger partial charge in [0.25, 0.3) is 0 Å². The number of hydrogen-bond acceptors (Lipinski definition) is 2. The zero-order chi connectivity index (χ0) is 13.7. The van der Waals surface area contributed by atoms with E-state index in [-0.39, 0.29) is 0 Å². The fraction of sp³-hybridized carbons (Fsp3) is 0.917. The molecule has 0 heterocycles. The van der Waals surface area contributed by atoms with Crippen LogP contribution in [0.3, 0.4) is 0 Å². The standard InChI is InChI=1S/C12H28O3S2/c1-11(12(13)14)15-8-7-9-17(5,6)10-16(2,3)4/h11H,7-10H2,1-6H3,(H,13,14)/t11-/m0/s1. The van der Waals surface area contributed by atoms with Crippen molar-refractivity contribution in [3.05, 3.63) is 0 Å². The van der Waals surface area contributed by atoms with Gasteiger partial charge in [-0.3, -0.25) is 0 Å². The molecule has 0 saturated carbocycles. The molecule has 0 aromatic heterocycles. The summed E-state index contributed by atoms with van der Waals surface area (Å²) in [5.74, 6) is 0.291. The molecule has 0 radical (unpaired) electrons. The van der Waals surface area contributed by atoms with E-state index in [1.54, 1.807) is 6.92 Å².